The third-order valence-corrected chi connectivity index (χ3v) is 7.24. The third kappa shape index (κ3) is 4.09. The molecule has 0 saturated heterocycles. The van der Waals surface area contributed by atoms with Crippen molar-refractivity contribution < 1.29 is 14.4 Å². The summed E-state index contributed by atoms with van der Waals surface area (Å²) in [7, 11) is 0. The molecule has 3 unspecified atom stereocenters. The van der Waals surface area contributed by atoms with Crippen LogP contribution in [-0.4, -0.2) is 33.2 Å². The molecule has 5 aromatic rings. The zero-order valence-corrected chi connectivity index (χ0v) is 20.9. The van der Waals surface area contributed by atoms with E-state index in [0.29, 0.717) is 38.6 Å². The summed E-state index contributed by atoms with van der Waals surface area (Å²) in [4.78, 5) is 46.5. The van der Waals surface area contributed by atoms with Crippen LogP contribution < -0.4 is 5.32 Å². The zero-order chi connectivity index (χ0) is 26.2. The number of aromatic nitrogens is 2. The summed E-state index contributed by atoms with van der Waals surface area (Å²) >= 11 is 6.19. The Labute approximate surface area is 223 Å². The Balaban J connectivity index is 1.58. The lowest BCUT2D eigenvalue weighted by Crippen LogP contribution is -2.53. The molecule has 0 saturated carbocycles. The van der Waals surface area contributed by atoms with Gasteiger partial charge in [-0.05, 0) is 42.0 Å². The number of ketones is 1. The number of para-hydroxylation sites is 2. The molecule has 0 radical (unpaired) electrons. The number of carbonyl (C=O) groups excluding carboxylic acids is 3. The molecule has 1 N–H and O–H groups in total. The molecule has 0 bridgehead atoms. The average molecular weight is 520 g/mol. The van der Waals surface area contributed by atoms with E-state index in [1.54, 1.807) is 78.9 Å². The molecule has 2 heterocycles. The van der Waals surface area contributed by atoms with E-state index in [4.69, 9.17) is 16.6 Å². The van der Waals surface area contributed by atoms with Crippen LogP contribution in [0.5, 0.6) is 0 Å². The summed E-state index contributed by atoms with van der Waals surface area (Å²) in [6, 6.07) is 30.9. The minimum atomic E-state index is -1.04. The Morgan fingerprint density at radius 1 is 0.763 bits per heavy atom. The van der Waals surface area contributed by atoms with E-state index < -0.39 is 23.8 Å². The van der Waals surface area contributed by atoms with Crippen LogP contribution in [0.1, 0.15) is 48.7 Å². The summed E-state index contributed by atoms with van der Waals surface area (Å²) < 4.78 is 1.49. The lowest BCUT2D eigenvalue weighted by atomic mass is 9.74. The molecule has 3 atom stereocenters. The van der Waals surface area contributed by atoms with E-state index in [2.05, 4.69) is 5.32 Å². The number of fused-ring (bicyclic) bond motifs is 3. The van der Waals surface area contributed by atoms with Crippen molar-refractivity contribution in [2.75, 3.05) is 0 Å². The van der Waals surface area contributed by atoms with Gasteiger partial charge in [0.1, 0.15) is 11.9 Å². The second kappa shape index (κ2) is 9.72. The van der Waals surface area contributed by atoms with E-state index in [-0.39, 0.29) is 11.7 Å². The maximum Gasteiger partial charge on any atom is 0.255 e. The highest BCUT2D eigenvalue weighted by Crippen LogP contribution is 2.43. The number of nitrogens with zero attached hydrogens (tertiary/aromatic N) is 2. The standard InChI is InChI=1S/C31H22ClN3O3/c32-22-17-15-19(16-18-22)25-26(28(36)20-9-3-1-4-10-20)29-33-23-13-7-8-14-24(23)35(29)31(38)27(25)34-30(37)21-11-5-2-6-12-21/h1-18,25-27H,(H,34,37). The van der Waals surface area contributed by atoms with Gasteiger partial charge in [-0.2, -0.15) is 0 Å². The Hall–Kier alpha value is -4.55. The van der Waals surface area contributed by atoms with Crippen LogP contribution in [-0.2, 0) is 0 Å². The lowest BCUT2D eigenvalue weighted by molar-refractivity contribution is 0.0727. The van der Waals surface area contributed by atoms with Crippen LogP contribution in [0.4, 0.5) is 0 Å². The SMILES string of the molecule is O=C(NC1C(=O)n2c(nc3ccccc32)C(C(=O)c2ccccc2)C1c1ccc(Cl)cc1)c1ccccc1. The van der Waals surface area contributed by atoms with Crippen molar-refractivity contribution in [3.05, 3.63) is 137 Å². The molecule has 1 aromatic heterocycles. The highest BCUT2D eigenvalue weighted by molar-refractivity contribution is 6.30. The molecule has 38 heavy (non-hydrogen) atoms. The van der Waals surface area contributed by atoms with Gasteiger partial charge in [-0.25, -0.2) is 4.98 Å². The fraction of sp³-hybridized carbons (Fsp3) is 0.0968. The average Bonchev–Trinajstić information content (AvgIpc) is 3.35. The van der Waals surface area contributed by atoms with E-state index in [9.17, 15) is 14.4 Å². The Morgan fingerprint density at radius 3 is 2.05 bits per heavy atom. The summed E-state index contributed by atoms with van der Waals surface area (Å²) in [5, 5.41) is 3.48. The van der Waals surface area contributed by atoms with Gasteiger partial charge < -0.3 is 5.32 Å². The largest absolute Gasteiger partial charge is 0.340 e. The highest BCUT2D eigenvalue weighted by atomic mass is 35.5. The van der Waals surface area contributed by atoms with Crippen LogP contribution in [0.15, 0.2) is 109 Å². The normalized spacial score (nSPS) is 18.7. The number of carbonyl (C=O) groups is 3. The van der Waals surface area contributed by atoms with Gasteiger partial charge in [-0.3, -0.25) is 19.0 Å². The van der Waals surface area contributed by atoms with E-state index >= 15 is 0 Å². The fourth-order valence-electron chi connectivity index (χ4n) is 5.23. The Morgan fingerprint density at radius 2 is 1.37 bits per heavy atom. The zero-order valence-electron chi connectivity index (χ0n) is 20.1. The quantitative estimate of drug-likeness (QED) is 0.293. The first-order chi connectivity index (χ1) is 18.5. The summed E-state index contributed by atoms with van der Waals surface area (Å²) in [6.45, 7) is 0. The number of amides is 1. The van der Waals surface area contributed by atoms with Gasteiger partial charge in [0.15, 0.2) is 5.78 Å². The van der Waals surface area contributed by atoms with E-state index in [0.717, 1.165) is 0 Å². The smallest absolute Gasteiger partial charge is 0.255 e. The van der Waals surface area contributed by atoms with Gasteiger partial charge >= 0.3 is 0 Å². The highest BCUT2D eigenvalue weighted by Gasteiger charge is 2.49. The Kier molecular flexibility index (Phi) is 6.10. The van der Waals surface area contributed by atoms with Gasteiger partial charge in [0.2, 0.25) is 0 Å². The molecule has 0 spiro atoms. The molecule has 1 amide bonds. The first-order valence-corrected chi connectivity index (χ1v) is 12.6. The third-order valence-electron chi connectivity index (χ3n) is 6.99. The van der Waals surface area contributed by atoms with Gasteiger partial charge in [0, 0.05) is 22.1 Å². The van der Waals surface area contributed by atoms with Crippen molar-refractivity contribution >= 4 is 40.2 Å². The van der Waals surface area contributed by atoms with Crippen LogP contribution in [0.2, 0.25) is 5.02 Å². The Bertz CT molecular complexity index is 1660. The molecule has 0 fully saturated rings. The fourth-order valence-corrected chi connectivity index (χ4v) is 5.35. The summed E-state index contributed by atoms with van der Waals surface area (Å²) in [6.07, 6.45) is 0. The number of benzene rings is 4. The van der Waals surface area contributed by atoms with Gasteiger partial charge in [-0.15, -0.1) is 0 Å². The van der Waals surface area contributed by atoms with Crippen molar-refractivity contribution in [2.24, 2.45) is 0 Å². The van der Waals surface area contributed by atoms with Crippen LogP contribution in [0.3, 0.4) is 0 Å². The minimum absolute atomic E-state index is 0.187. The minimum Gasteiger partial charge on any atom is -0.340 e. The summed E-state index contributed by atoms with van der Waals surface area (Å²) in [5.41, 5.74) is 2.81. The van der Waals surface area contributed by atoms with Crippen molar-refractivity contribution in [3.8, 4) is 0 Å². The maximum absolute atomic E-state index is 14.2. The molecule has 186 valence electrons. The predicted octanol–water partition coefficient (Wildman–Crippen LogP) is 5.89. The first kappa shape index (κ1) is 23.8. The maximum atomic E-state index is 14.2. The van der Waals surface area contributed by atoms with Crippen molar-refractivity contribution in [3.63, 3.8) is 0 Å². The van der Waals surface area contributed by atoms with Gasteiger partial charge in [0.05, 0.1) is 17.0 Å². The number of rotatable bonds is 5. The van der Waals surface area contributed by atoms with E-state index in [1.165, 1.54) is 4.57 Å². The van der Waals surface area contributed by atoms with Crippen molar-refractivity contribution in [1.29, 1.82) is 0 Å². The monoisotopic (exact) mass is 519 g/mol. The number of Topliss-reactive ketones (excluding diaryl/α,β-unsaturated/α-hetero) is 1. The lowest BCUT2D eigenvalue weighted by Gasteiger charge is -2.37. The molecule has 6 rings (SSSR count). The first-order valence-electron chi connectivity index (χ1n) is 12.2. The molecule has 4 aromatic carbocycles. The molecular weight excluding hydrogens is 498 g/mol. The molecule has 7 heteroatoms. The molecule has 1 aliphatic heterocycles. The topological polar surface area (TPSA) is 81.1 Å². The number of nitrogens with one attached hydrogen (secondary N) is 1. The summed E-state index contributed by atoms with van der Waals surface area (Å²) in [5.74, 6) is -2.14. The number of hydrogen-bond acceptors (Lipinski definition) is 4. The molecule has 6 nitrogen and oxygen atoms in total. The van der Waals surface area contributed by atoms with Gasteiger partial charge in [0.25, 0.3) is 11.8 Å². The van der Waals surface area contributed by atoms with Crippen LogP contribution >= 0.6 is 11.6 Å². The van der Waals surface area contributed by atoms with Gasteiger partial charge in [-0.1, -0.05) is 84.4 Å². The molecular formula is C31H22ClN3O3. The van der Waals surface area contributed by atoms with Crippen molar-refractivity contribution in [1.82, 2.24) is 14.9 Å². The molecule has 1 aliphatic rings. The van der Waals surface area contributed by atoms with Crippen LogP contribution in [0, 0.1) is 0 Å². The number of hydrogen-bond donors (Lipinski definition) is 1. The molecule has 0 aliphatic carbocycles. The number of imidazole rings is 1. The number of halogens is 1. The van der Waals surface area contributed by atoms with E-state index in [1.807, 2.05) is 30.3 Å². The van der Waals surface area contributed by atoms with Crippen LogP contribution in [0.25, 0.3) is 11.0 Å². The second-order valence-corrected chi connectivity index (χ2v) is 9.67. The predicted molar refractivity (Wildman–Crippen MR) is 146 cm³/mol. The van der Waals surface area contributed by atoms with Crippen molar-refractivity contribution in [2.45, 2.75) is 17.9 Å². The second-order valence-electron chi connectivity index (χ2n) is 9.23.